The van der Waals surface area contributed by atoms with Gasteiger partial charge in [-0.2, -0.15) is 5.10 Å². The van der Waals surface area contributed by atoms with Crippen molar-refractivity contribution >= 4 is 23.2 Å². The minimum absolute atomic E-state index is 0.0688. The van der Waals surface area contributed by atoms with Crippen molar-refractivity contribution in [3.63, 3.8) is 0 Å². The molecule has 0 aliphatic rings. The van der Waals surface area contributed by atoms with Gasteiger partial charge in [-0.1, -0.05) is 45.0 Å². The fourth-order valence-electron chi connectivity index (χ4n) is 2.47. The number of benzene rings is 2. The van der Waals surface area contributed by atoms with Crippen LogP contribution in [0.2, 0.25) is 0 Å². The van der Waals surface area contributed by atoms with Gasteiger partial charge in [-0.15, -0.1) is 0 Å². The van der Waals surface area contributed by atoms with Crippen molar-refractivity contribution in [1.29, 1.82) is 0 Å². The lowest BCUT2D eigenvalue weighted by Crippen LogP contribution is -2.25. The number of hydrazone groups is 1. The average molecular weight is 381 g/mol. The zero-order valence-corrected chi connectivity index (χ0v) is 17.0. The molecule has 2 aromatic rings. The number of ether oxygens (including phenoxy) is 1. The van der Waals surface area contributed by atoms with Gasteiger partial charge in [-0.25, -0.2) is 5.43 Å². The summed E-state index contributed by atoms with van der Waals surface area (Å²) in [4.78, 5) is 23.1. The Hall–Kier alpha value is -3.15. The maximum atomic E-state index is 12.0. The topological polar surface area (TPSA) is 79.8 Å². The Morgan fingerprint density at radius 2 is 1.71 bits per heavy atom. The van der Waals surface area contributed by atoms with Gasteiger partial charge in [0.15, 0.2) is 6.61 Å². The van der Waals surface area contributed by atoms with Gasteiger partial charge in [0.25, 0.3) is 5.91 Å². The molecule has 0 heterocycles. The maximum absolute atomic E-state index is 12.0. The summed E-state index contributed by atoms with van der Waals surface area (Å²) in [7, 11) is 0. The number of nitrogens with one attached hydrogen (secondary N) is 2. The van der Waals surface area contributed by atoms with Crippen LogP contribution in [0.1, 0.15) is 45.7 Å². The fourth-order valence-corrected chi connectivity index (χ4v) is 2.47. The third kappa shape index (κ3) is 6.54. The highest BCUT2D eigenvalue weighted by Crippen LogP contribution is 2.24. The van der Waals surface area contributed by atoms with E-state index in [-0.39, 0.29) is 23.8 Å². The molecular weight excluding hydrogens is 354 g/mol. The van der Waals surface area contributed by atoms with E-state index in [1.54, 1.807) is 19.1 Å². The molecular formula is C22H27N3O3. The van der Waals surface area contributed by atoms with Gasteiger partial charge < -0.3 is 10.1 Å². The predicted octanol–water partition coefficient (Wildman–Crippen LogP) is 3.86. The standard InChI is InChI=1S/C22H27N3O3/c1-15(17-7-6-8-19(13-17)23-16(2)26)24-25-21(27)14-28-20-11-9-18(10-12-20)22(3,4)5/h6-13H,14H2,1-5H3,(H,23,26)(H,25,27)/b24-15+. The third-order valence-corrected chi connectivity index (χ3v) is 4.04. The van der Waals surface area contributed by atoms with Crippen molar-refractivity contribution in [3.05, 3.63) is 59.7 Å². The summed E-state index contributed by atoms with van der Waals surface area (Å²) in [6.45, 7) is 9.52. The Morgan fingerprint density at radius 1 is 1.04 bits per heavy atom. The van der Waals surface area contributed by atoms with E-state index in [0.29, 0.717) is 17.1 Å². The molecule has 0 saturated carbocycles. The highest BCUT2D eigenvalue weighted by atomic mass is 16.5. The summed E-state index contributed by atoms with van der Waals surface area (Å²) in [6, 6.07) is 15.0. The first kappa shape index (κ1) is 21.2. The number of amides is 2. The Morgan fingerprint density at radius 3 is 2.32 bits per heavy atom. The summed E-state index contributed by atoms with van der Waals surface area (Å²) in [6.07, 6.45) is 0. The van der Waals surface area contributed by atoms with Gasteiger partial charge in [-0.3, -0.25) is 9.59 Å². The van der Waals surface area contributed by atoms with Crippen LogP contribution < -0.4 is 15.5 Å². The van der Waals surface area contributed by atoms with Crippen molar-refractivity contribution in [3.8, 4) is 5.75 Å². The van der Waals surface area contributed by atoms with Crippen molar-refractivity contribution in [2.24, 2.45) is 5.10 Å². The summed E-state index contributed by atoms with van der Waals surface area (Å²) in [5.74, 6) is 0.136. The first-order chi connectivity index (χ1) is 13.1. The lowest BCUT2D eigenvalue weighted by Gasteiger charge is -2.19. The minimum atomic E-state index is -0.350. The van der Waals surface area contributed by atoms with Crippen LogP contribution in [0.15, 0.2) is 53.6 Å². The van der Waals surface area contributed by atoms with Crippen molar-refractivity contribution < 1.29 is 14.3 Å². The van der Waals surface area contributed by atoms with Gasteiger partial charge in [0.1, 0.15) is 5.75 Å². The zero-order chi connectivity index (χ0) is 20.7. The molecule has 0 atom stereocenters. The lowest BCUT2D eigenvalue weighted by atomic mass is 9.87. The molecule has 6 nitrogen and oxygen atoms in total. The van der Waals surface area contributed by atoms with Crippen LogP contribution in [-0.2, 0) is 15.0 Å². The summed E-state index contributed by atoms with van der Waals surface area (Å²) in [5.41, 5.74) is 5.84. The molecule has 0 unspecified atom stereocenters. The SMILES string of the molecule is CC(=O)Nc1cccc(/C(C)=N/NC(=O)COc2ccc(C(C)(C)C)cc2)c1. The van der Waals surface area contributed by atoms with E-state index in [1.807, 2.05) is 36.4 Å². The fraction of sp³-hybridized carbons (Fsp3) is 0.318. The molecule has 0 fully saturated rings. The molecule has 28 heavy (non-hydrogen) atoms. The van der Waals surface area contributed by atoms with E-state index in [1.165, 1.54) is 12.5 Å². The molecule has 6 heteroatoms. The Bertz CT molecular complexity index is 865. The highest BCUT2D eigenvalue weighted by molar-refractivity contribution is 6.00. The Balaban J connectivity index is 1.90. The number of nitrogens with zero attached hydrogens (tertiary/aromatic N) is 1. The lowest BCUT2D eigenvalue weighted by molar-refractivity contribution is -0.123. The molecule has 0 saturated heterocycles. The van der Waals surface area contributed by atoms with Gasteiger partial charge in [-0.05, 0) is 47.7 Å². The zero-order valence-electron chi connectivity index (χ0n) is 17.0. The van der Waals surface area contributed by atoms with Gasteiger partial charge >= 0.3 is 0 Å². The summed E-state index contributed by atoms with van der Waals surface area (Å²) >= 11 is 0. The molecule has 0 aliphatic heterocycles. The molecule has 148 valence electrons. The normalized spacial score (nSPS) is 11.7. The molecule has 2 rings (SSSR count). The molecule has 2 aromatic carbocycles. The summed E-state index contributed by atoms with van der Waals surface area (Å²) < 4.78 is 5.51. The van der Waals surface area contributed by atoms with E-state index in [4.69, 9.17) is 4.74 Å². The van der Waals surface area contributed by atoms with E-state index < -0.39 is 0 Å². The first-order valence-corrected chi connectivity index (χ1v) is 9.09. The van der Waals surface area contributed by atoms with Gasteiger partial charge in [0.05, 0.1) is 5.71 Å². The molecule has 2 amide bonds. The van der Waals surface area contributed by atoms with Crippen LogP contribution in [0.4, 0.5) is 5.69 Å². The van der Waals surface area contributed by atoms with Gasteiger partial charge in [0.2, 0.25) is 5.91 Å². The van der Waals surface area contributed by atoms with E-state index >= 15 is 0 Å². The number of hydrogen-bond acceptors (Lipinski definition) is 4. The number of rotatable bonds is 6. The summed E-state index contributed by atoms with van der Waals surface area (Å²) in [5, 5.41) is 6.81. The second kappa shape index (κ2) is 9.17. The number of hydrogen-bond donors (Lipinski definition) is 2. The number of carbonyl (C=O) groups is 2. The average Bonchev–Trinajstić information content (AvgIpc) is 2.63. The first-order valence-electron chi connectivity index (χ1n) is 9.09. The molecule has 0 radical (unpaired) electrons. The minimum Gasteiger partial charge on any atom is -0.484 e. The monoisotopic (exact) mass is 381 g/mol. The van der Waals surface area contributed by atoms with Crippen molar-refractivity contribution in [2.75, 3.05) is 11.9 Å². The molecule has 2 N–H and O–H groups in total. The van der Waals surface area contributed by atoms with Crippen LogP contribution >= 0.6 is 0 Å². The Kier molecular flexibility index (Phi) is 6.93. The highest BCUT2D eigenvalue weighted by Gasteiger charge is 2.13. The second-order valence-electron chi connectivity index (χ2n) is 7.56. The third-order valence-electron chi connectivity index (χ3n) is 4.04. The predicted molar refractivity (Wildman–Crippen MR) is 112 cm³/mol. The molecule has 0 bridgehead atoms. The molecule has 0 aliphatic carbocycles. The molecule has 0 aromatic heterocycles. The van der Waals surface area contributed by atoms with Crippen LogP contribution in [0.3, 0.4) is 0 Å². The van der Waals surface area contributed by atoms with Crippen LogP contribution in [0, 0.1) is 0 Å². The van der Waals surface area contributed by atoms with Gasteiger partial charge in [0, 0.05) is 12.6 Å². The molecule has 0 spiro atoms. The second-order valence-corrected chi connectivity index (χ2v) is 7.56. The van der Waals surface area contributed by atoms with E-state index in [2.05, 4.69) is 36.6 Å². The number of anilines is 1. The van der Waals surface area contributed by atoms with Crippen molar-refractivity contribution in [1.82, 2.24) is 5.43 Å². The van der Waals surface area contributed by atoms with E-state index in [9.17, 15) is 9.59 Å². The maximum Gasteiger partial charge on any atom is 0.277 e. The smallest absolute Gasteiger partial charge is 0.277 e. The quantitative estimate of drug-likeness (QED) is 0.589. The van der Waals surface area contributed by atoms with Crippen LogP contribution in [0.25, 0.3) is 0 Å². The van der Waals surface area contributed by atoms with Crippen LogP contribution in [0.5, 0.6) is 5.75 Å². The van der Waals surface area contributed by atoms with Crippen molar-refractivity contribution in [2.45, 2.75) is 40.0 Å². The van der Waals surface area contributed by atoms with Crippen LogP contribution in [-0.4, -0.2) is 24.1 Å². The largest absolute Gasteiger partial charge is 0.484 e. The van der Waals surface area contributed by atoms with E-state index in [0.717, 1.165) is 5.56 Å². The Labute approximate surface area is 166 Å². The number of carbonyl (C=O) groups excluding carboxylic acids is 2.